The average molecular weight is 242 g/mol. The van der Waals surface area contributed by atoms with Gasteiger partial charge >= 0.3 is 0 Å². The summed E-state index contributed by atoms with van der Waals surface area (Å²) in [5.41, 5.74) is 7.06. The topological polar surface area (TPSA) is 63.8 Å². The van der Waals surface area contributed by atoms with Crippen LogP contribution in [0.1, 0.15) is 19.3 Å². The lowest BCUT2D eigenvalue weighted by atomic mass is 10.0. The molecule has 1 aromatic carbocycles. The Morgan fingerprint density at radius 2 is 2.06 bits per heavy atom. The van der Waals surface area contributed by atoms with Crippen LogP contribution in [-0.2, 0) is 0 Å². The Kier molecular flexibility index (Phi) is 2.88. The van der Waals surface area contributed by atoms with Gasteiger partial charge < -0.3 is 11.1 Å². The first-order valence-corrected chi connectivity index (χ1v) is 6.47. The summed E-state index contributed by atoms with van der Waals surface area (Å²) in [4.78, 5) is 8.61. The number of rotatable bonds is 5. The van der Waals surface area contributed by atoms with Gasteiger partial charge in [-0.15, -0.1) is 0 Å². The molecule has 0 bridgehead atoms. The second-order valence-electron chi connectivity index (χ2n) is 5.13. The molecule has 3 N–H and O–H groups in total. The first-order chi connectivity index (χ1) is 8.83. The largest absolute Gasteiger partial charge is 0.369 e. The van der Waals surface area contributed by atoms with Gasteiger partial charge in [-0.2, -0.15) is 0 Å². The van der Waals surface area contributed by atoms with Gasteiger partial charge in [0.2, 0.25) is 0 Å². The molecule has 1 saturated carbocycles. The van der Waals surface area contributed by atoms with Crippen molar-refractivity contribution in [3.63, 3.8) is 0 Å². The highest BCUT2D eigenvalue weighted by Crippen LogP contribution is 2.48. The molecule has 1 aliphatic carbocycles. The molecule has 4 heteroatoms. The fourth-order valence-corrected chi connectivity index (χ4v) is 2.42. The zero-order valence-electron chi connectivity index (χ0n) is 10.4. The van der Waals surface area contributed by atoms with Crippen LogP contribution in [0.4, 0.5) is 5.82 Å². The van der Waals surface area contributed by atoms with Gasteiger partial charge in [0.15, 0.2) is 0 Å². The van der Waals surface area contributed by atoms with Crippen molar-refractivity contribution in [1.82, 2.24) is 9.97 Å². The van der Waals surface area contributed by atoms with E-state index in [9.17, 15) is 0 Å². The van der Waals surface area contributed by atoms with Crippen LogP contribution >= 0.6 is 0 Å². The maximum absolute atomic E-state index is 5.66. The molecule has 1 aromatic heterocycles. The van der Waals surface area contributed by atoms with E-state index in [0.29, 0.717) is 5.41 Å². The Morgan fingerprint density at radius 3 is 2.83 bits per heavy atom. The molecule has 18 heavy (non-hydrogen) atoms. The number of anilines is 1. The van der Waals surface area contributed by atoms with E-state index >= 15 is 0 Å². The first-order valence-electron chi connectivity index (χ1n) is 6.47. The monoisotopic (exact) mass is 242 g/mol. The van der Waals surface area contributed by atoms with E-state index in [-0.39, 0.29) is 0 Å². The third-order valence-corrected chi connectivity index (χ3v) is 3.81. The van der Waals surface area contributed by atoms with E-state index in [4.69, 9.17) is 5.73 Å². The van der Waals surface area contributed by atoms with Crippen LogP contribution in [0.3, 0.4) is 0 Å². The summed E-state index contributed by atoms with van der Waals surface area (Å²) in [5.74, 6) is 0.934. The average Bonchev–Trinajstić information content (AvgIpc) is 3.17. The lowest BCUT2D eigenvalue weighted by molar-refractivity contribution is 0.501. The molecule has 1 fully saturated rings. The quantitative estimate of drug-likeness (QED) is 0.843. The van der Waals surface area contributed by atoms with Crippen molar-refractivity contribution >= 4 is 16.7 Å². The molecular weight excluding hydrogens is 224 g/mol. The maximum Gasteiger partial charge on any atom is 0.137 e. The summed E-state index contributed by atoms with van der Waals surface area (Å²) in [6.45, 7) is 1.73. The minimum Gasteiger partial charge on any atom is -0.369 e. The van der Waals surface area contributed by atoms with Crippen LogP contribution in [0.25, 0.3) is 10.9 Å². The number of nitrogens with one attached hydrogen (secondary N) is 1. The third kappa shape index (κ3) is 2.16. The van der Waals surface area contributed by atoms with E-state index in [2.05, 4.69) is 21.4 Å². The lowest BCUT2D eigenvalue weighted by Gasteiger charge is -2.16. The Hall–Kier alpha value is -1.68. The number of benzene rings is 1. The maximum atomic E-state index is 5.66. The predicted molar refractivity (Wildman–Crippen MR) is 73.4 cm³/mol. The summed E-state index contributed by atoms with van der Waals surface area (Å²) in [6, 6.07) is 8.08. The van der Waals surface area contributed by atoms with Gasteiger partial charge in [-0.25, -0.2) is 9.97 Å². The van der Waals surface area contributed by atoms with Crippen LogP contribution in [0.5, 0.6) is 0 Å². The summed E-state index contributed by atoms with van der Waals surface area (Å²) >= 11 is 0. The second-order valence-corrected chi connectivity index (χ2v) is 5.13. The van der Waals surface area contributed by atoms with Gasteiger partial charge in [-0.05, 0) is 43.4 Å². The standard InChI is InChI=1S/C14H18N4/c15-8-7-14(5-6-14)9-16-13-11-3-1-2-4-12(11)17-10-18-13/h1-4,10H,5-9,15H2,(H,16,17,18). The SMILES string of the molecule is NCCC1(CNc2ncnc3ccccc23)CC1. The Bertz CT molecular complexity index is 543. The molecule has 4 nitrogen and oxygen atoms in total. The molecule has 0 radical (unpaired) electrons. The third-order valence-electron chi connectivity index (χ3n) is 3.81. The van der Waals surface area contributed by atoms with Crippen molar-refractivity contribution in [1.29, 1.82) is 0 Å². The summed E-state index contributed by atoms with van der Waals surface area (Å²) in [5, 5.41) is 4.56. The number of aromatic nitrogens is 2. The second kappa shape index (κ2) is 4.53. The highest BCUT2D eigenvalue weighted by molar-refractivity contribution is 5.88. The van der Waals surface area contributed by atoms with Crippen LogP contribution in [0.2, 0.25) is 0 Å². The number of nitrogens with zero attached hydrogens (tertiary/aromatic N) is 2. The summed E-state index contributed by atoms with van der Waals surface area (Å²) in [6.07, 6.45) is 5.27. The van der Waals surface area contributed by atoms with E-state index in [1.807, 2.05) is 18.2 Å². The number of hydrogen-bond acceptors (Lipinski definition) is 4. The molecule has 94 valence electrons. The van der Waals surface area contributed by atoms with Crippen LogP contribution < -0.4 is 11.1 Å². The summed E-state index contributed by atoms with van der Waals surface area (Å²) < 4.78 is 0. The van der Waals surface area contributed by atoms with Gasteiger partial charge in [-0.1, -0.05) is 12.1 Å². The number of nitrogens with two attached hydrogens (primary N) is 1. The molecule has 2 aromatic rings. The van der Waals surface area contributed by atoms with Gasteiger partial charge in [0.05, 0.1) is 5.52 Å². The minimum absolute atomic E-state index is 0.417. The van der Waals surface area contributed by atoms with E-state index in [1.54, 1.807) is 6.33 Å². The van der Waals surface area contributed by atoms with E-state index in [0.717, 1.165) is 36.2 Å². The fourth-order valence-electron chi connectivity index (χ4n) is 2.42. The van der Waals surface area contributed by atoms with E-state index in [1.165, 1.54) is 12.8 Å². The zero-order chi connectivity index (χ0) is 12.4. The van der Waals surface area contributed by atoms with Crippen molar-refractivity contribution in [2.45, 2.75) is 19.3 Å². The summed E-state index contributed by atoms with van der Waals surface area (Å²) in [7, 11) is 0. The van der Waals surface area contributed by atoms with Gasteiger partial charge in [0.25, 0.3) is 0 Å². The van der Waals surface area contributed by atoms with Crippen molar-refractivity contribution in [3.05, 3.63) is 30.6 Å². The number of para-hydroxylation sites is 1. The lowest BCUT2D eigenvalue weighted by Crippen LogP contribution is -2.19. The molecule has 0 atom stereocenters. The molecule has 0 unspecified atom stereocenters. The highest BCUT2D eigenvalue weighted by Gasteiger charge is 2.41. The molecule has 0 amide bonds. The molecule has 1 aliphatic rings. The van der Waals surface area contributed by atoms with Gasteiger partial charge in [-0.3, -0.25) is 0 Å². The molecule has 0 spiro atoms. The zero-order valence-corrected chi connectivity index (χ0v) is 10.4. The number of fused-ring (bicyclic) bond motifs is 1. The molecule has 0 saturated heterocycles. The van der Waals surface area contributed by atoms with Crippen molar-refractivity contribution in [2.24, 2.45) is 11.1 Å². The fraction of sp³-hybridized carbons (Fsp3) is 0.429. The molecular formula is C14H18N4. The van der Waals surface area contributed by atoms with Gasteiger partial charge in [0.1, 0.15) is 12.1 Å². The van der Waals surface area contributed by atoms with Gasteiger partial charge in [0, 0.05) is 11.9 Å². The molecule has 3 rings (SSSR count). The van der Waals surface area contributed by atoms with E-state index < -0.39 is 0 Å². The number of hydrogen-bond donors (Lipinski definition) is 2. The smallest absolute Gasteiger partial charge is 0.137 e. The van der Waals surface area contributed by atoms with Crippen LogP contribution in [0, 0.1) is 5.41 Å². The Morgan fingerprint density at radius 1 is 1.22 bits per heavy atom. The van der Waals surface area contributed by atoms with Crippen molar-refractivity contribution < 1.29 is 0 Å². The normalized spacial score (nSPS) is 16.7. The van der Waals surface area contributed by atoms with Crippen LogP contribution in [0.15, 0.2) is 30.6 Å². The molecule has 0 aliphatic heterocycles. The van der Waals surface area contributed by atoms with Crippen LogP contribution in [-0.4, -0.2) is 23.1 Å². The Labute approximate surface area is 107 Å². The van der Waals surface area contributed by atoms with Crippen molar-refractivity contribution in [2.75, 3.05) is 18.4 Å². The predicted octanol–water partition coefficient (Wildman–Crippen LogP) is 2.17. The highest BCUT2D eigenvalue weighted by atomic mass is 15.0. The Balaban J connectivity index is 1.79. The first kappa shape index (κ1) is 11.4. The minimum atomic E-state index is 0.417. The van der Waals surface area contributed by atoms with Crippen molar-refractivity contribution in [3.8, 4) is 0 Å². The molecule has 1 heterocycles.